The Kier molecular flexibility index (Phi) is 3.44. The van der Waals surface area contributed by atoms with Crippen molar-refractivity contribution in [2.75, 3.05) is 13.1 Å². The molecule has 1 atom stereocenters. The first-order chi connectivity index (χ1) is 8.70. The van der Waals surface area contributed by atoms with Gasteiger partial charge in [0.2, 0.25) is 0 Å². The van der Waals surface area contributed by atoms with E-state index in [1.54, 1.807) is 0 Å². The number of nitrogens with zero attached hydrogens (tertiary/aromatic N) is 1. The van der Waals surface area contributed by atoms with Crippen LogP contribution in [0.1, 0.15) is 43.3 Å². The summed E-state index contributed by atoms with van der Waals surface area (Å²) < 4.78 is 5.84. The van der Waals surface area contributed by atoms with E-state index in [9.17, 15) is 0 Å². The molecule has 3 rings (SSSR count). The summed E-state index contributed by atoms with van der Waals surface area (Å²) >= 11 is 0. The molecule has 2 aliphatic rings. The minimum absolute atomic E-state index is 0.748. The van der Waals surface area contributed by atoms with Crippen molar-refractivity contribution in [1.29, 1.82) is 0 Å². The van der Waals surface area contributed by atoms with Crippen LogP contribution >= 0.6 is 0 Å². The fourth-order valence-electron chi connectivity index (χ4n) is 2.77. The lowest BCUT2D eigenvalue weighted by Gasteiger charge is -2.14. The summed E-state index contributed by atoms with van der Waals surface area (Å²) in [6.07, 6.45) is 4.00. The van der Waals surface area contributed by atoms with Crippen molar-refractivity contribution < 1.29 is 4.42 Å². The number of rotatable bonds is 5. The Balaban J connectivity index is 1.57. The van der Waals surface area contributed by atoms with E-state index in [2.05, 4.69) is 30.1 Å². The first-order valence-corrected chi connectivity index (χ1v) is 7.24. The predicted octanol–water partition coefficient (Wildman–Crippen LogP) is 2.68. The molecule has 0 radical (unpaired) electrons. The third-order valence-electron chi connectivity index (χ3n) is 4.12. The highest BCUT2D eigenvalue weighted by molar-refractivity contribution is 5.21. The predicted molar refractivity (Wildman–Crippen MR) is 72.4 cm³/mol. The van der Waals surface area contributed by atoms with E-state index >= 15 is 0 Å². The summed E-state index contributed by atoms with van der Waals surface area (Å²) in [6, 6.07) is 2.99. The fourth-order valence-corrected chi connectivity index (χ4v) is 2.77. The zero-order chi connectivity index (χ0) is 12.5. The number of furan rings is 1. The van der Waals surface area contributed by atoms with Crippen molar-refractivity contribution in [2.45, 2.75) is 52.2 Å². The maximum absolute atomic E-state index is 5.84. The maximum Gasteiger partial charge on any atom is 0.118 e. The largest absolute Gasteiger partial charge is 0.465 e. The van der Waals surface area contributed by atoms with Crippen LogP contribution in [0.25, 0.3) is 0 Å². The molecule has 1 aromatic heterocycles. The Morgan fingerprint density at radius 1 is 1.39 bits per heavy atom. The number of aryl methyl sites for hydroxylation is 1. The van der Waals surface area contributed by atoms with Gasteiger partial charge in [0.1, 0.15) is 11.5 Å². The van der Waals surface area contributed by atoms with Crippen LogP contribution in [-0.4, -0.2) is 24.0 Å². The first kappa shape index (κ1) is 12.2. The molecule has 0 amide bonds. The minimum atomic E-state index is 0.748. The van der Waals surface area contributed by atoms with Crippen molar-refractivity contribution >= 4 is 0 Å². The molecule has 1 unspecified atom stereocenters. The van der Waals surface area contributed by atoms with Crippen molar-refractivity contribution in [3.8, 4) is 0 Å². The molecule has 1 aromatic rings. The molecule has 0 aromatic carbocycles. The number of nitrogens with one attached hydrogen (secondary N) is 1. The molecule has 1 aliphatic heterocycles. The molecule has 2 fully saturated rings. The molecule has 1 aliphatic carbocycles. The van der Waals surface area contributed by atoms with Gasteiger partial charge < -0.3 is 9.73 Å². The normalized spacial score (nSPS) is 24.9. The lowest BCUT2D eigenvalue weighted by atomic mass is 10.2. The second-order valence-electron chi connectivity index (χ2n) is 6.08. The quantitative estimate of drug-likeness (QED) is 0.868. The van der Waals surface area contributed by atoms with Crippen molar-refractivity contribution in [3.63, 3.8) is 0 Å². The van der Waals surface area contributed by atoms with Crippen LogP contribution in [-0.2, 0) is 13.1 Å². The van der Waals surface area contributed by atoms with E-state index in [1.807, 2.05) is 0 Å². The van der Waals surface area contributed by atoms with E-state index in [0.29, 0.717) is 0 Å². The number of hydrogen-bond acceptors (Lipinski definition) is 3. The Labute approximate surface area is 110 Å². The smallest absolute Gasteiger partial charge is 0.118 e. The maximum atomic E-state index is 5.84. The molecule has 18 heavy (non-hydrogen) atoms. The molecule has 100 valence electrons. The fraction of sp³-hybridized carbons (Fsp3) is 0.733. The van der Waals surface area contributed by atoms with E-state index in [4.69, 9.17) is 4.42 Å². The van der Waals surface area contributed by atoms with Gasteiger partial charge in [-0.25, -0.2) is 0 Å². The van der Waals surface area contributed by atoms with E-state index in [-0.39, 0.29) is 0 Å². The van der Waals surface area contributed by atoms with Gasteiger partial charge in [0.05, 0.1) is 6.54 Å². The summed E-state index contributed by atoms with van der Waals surface area (Å²) in [5.41, 5.74) is 1.37. The van der Waals surface area contributed by atoms with Crippen LogP contribution in [0.3, 0.4) is 0 Å². The molecular weight excluding hydrogens is 224 g/mol. The van der Waals surface area contributed by atoms with Gasteiger partial charge in [-0.15, -0.1) is 0 Å². The van der Waals surface area contributed by atoms with Crippen LogP contribution in [0.4, 0.5) is 0 Å². The zero-order valence-corrected chi connectivity index (χ0v) is 11.5. The van der Waals surface area contributed by atoms with Gasteiger partial charge in [-0.05, 0) is 44.7 Å². The Morgan fingerprint density at radius 3 is 2.89 bits per heavy atom. The summed E-state index contributed by atoms with van der Waals surface area (Å²) in [7, 11) is 0. The summed E-state index contributed by atoms with van der Waals surface area (Å²) in [5, 5.41) is 3.51. The summed E-state index contributed by atoms with van der Waals surface area (Å²) in [6.45, 7) is 8.86. The Morgan fingerprint density at radius 2 is 2.22 bits per heavy atom. The third-order valence-corrected chi connectivity index (χ3v) is 4.12. The molecule has 0 bridgehead atoms. The highest BCUT2D eigenvalue weighted by atomic mass is 16.3. The van der Waals surface area contributed by atoms with Crippen LogP contribution in [0.2, 0.25) is 0 Å². The van der Waals surface area contributed by atoms with Gasteiger partial charge >= 0.3 is 0 Å². The highest BCUT2D eigenvalue weighted by Gasteiger charge is 2.22. The molecular formula is C15H24N2O. The summed E-state index contributed by atoms with van der Waals surface area (Å²) in [5.74, 6) is 3.05. The van der Waals surface area contributed by atoms with Gasteiger partial charge in [-0.3, -0.25) is 4.90 Å². The van der Waals surface area contributed by atoms with Crippen LogP contribution in [0, 0.1) is 12.8 Å². The molecule has 1 N–H and O–H groups in total. The lowest BCUT2D eigenvalue weighted by molar-refractivity contribution is 0.317. The number of likely N-dealkylation sites (tertiary alicyclic amines) is 1. The molecule has 0 spiro atoms. The van der Waals surface area contributed by atoms with Crippen LogP contribution in [0.15, 0.2) is 10.5 Å². The highest BCUT2D eigenvalue weighted by Crippen LogP contribution is 2.23. The van der Waals surface area contributed by atoms with Crippen molar-refractivity contribution in [3.05, 3.63) is 23.2 Å². The third kappa shape index (κ3) is 2.96. The lowest BCUT2D eigenvalue weighted by Crippen LogP contribution is -2.19. The second-order valence-corrected chi connectivity index (χ2v) is 6.08. The monoisotopic (exact) mass is 248 g/mol. The standard InChI is InChI=1S/C15H24N2O/c1-11-5-6-17(9-11)10-13-7-15(18-12(13)2)8-16-14-3-4-14/h7,11,14,16H,3-6,8-10H2,1-2H3. The van der Waals surface area contributed by atoms with Crippen molar-refractivity contribution in [2.24, 2.45) is 5.92 Å². The SMILES string of the molecule is Cc1oc(CNC2CC2)cc1CN1CCC(C)C1. The van der Waals surface area contributed by atoms with Gasteiger partial charge in [-0.1, -0.05) is 6.92 Å². The molecule has 2 heterocycles. The van der Waals surface area contributed by atoms with Gasteiger partial charge in [0.15, 0.2) is 0 Å². The molecule has 1 saturated carbocycles. The number of hydrogen-bond donors (Lipinski definition) is 1. The van der Waals surface area contributed by atoms with Gasteiger partial charge in [0.25, 0.3) is 0 Å². The van der Waals surface area contributed by atoms with E-state index in [1.165, 1.54) is 37.9 Å². The Bertz CT molecular complexity index is 409. The van der Waals surface area contributed by atoms with Gasteiger partial charge in [-0.2, -0.15) is 0 Å². The minimum Gasteiger partial charge on any atom is -0.465 e. The van der Waals surface area contributed by atoms with E-state index < -0.39 is 0 Å². The second kappa shape index (κ2) is 5.06. The molecule has 1 saturated heterocycles. The van der Waals surface area contributed by atoms with Crippen LogP contribution in [0.5, 0.6) is 0 Å². The van der Waals surface area contributed by atoms with Crippen molar-refractivity contribution in [1.82, 2.24) is 10.2 Å². The van der Waals surface area contributed by atoms with Gasteiger partial charge in [0, 0.05) is 24.7 Å². The topological polar surface area (TPSA) is 28.4 Å². The average Bonchev–Trinajstić information content (AvgIpc) is 2.99. The Hall–Kier alpha value is -0.800. The molecule has 3 heteroatoms. The van der Waals surface area contributed by atoms with Crippen LogP contribution < -0.4 is 5.32 Å². The first-order valence-electron chi connectivity index (χ1n) is 7.24. The van der Waals surface area contributed by atoms with E-state index in [0.717, 1.165) is 36.6 Å². The zero-order valence-electron chi connectivity index (χ0n) is 11.5. The summed E-state index contributed by atoms with van der Waals surface area (Å²) in [4.78, 5) is 2.54. The molecule has 3 nitrogen and oxygen atoms in total. The average molecular weight is 248 g/mol.